The van der Waals surface area contributed by atoms with Crippen LogP contribution in [0.3, 0.4) is 0 Å². The van der Waals surface area contributed by atoms with E-state index in [1.165, 1.54) is 25.1 Å². The van der Waals surface area contributed by atoms with Crippen molar-refractivity contribution in [1.82, 2.24) is 10.6 Å². The first kappa shape index (κ1) is 21.1. The predicted octanol–water partition coefficient (Wildman–Crippen LogP) is 1.99. The van der Waals surface area contributed by atoms with Crippen molar-refractivity contribution in [3.05, 3.63) is 71.0 Å². The monoisotopic (exact) mass is 386 g/mol. The normalized spacial score (nSPS) is 12.7. The molecule has 2 rings (SSSR count). The zero-order valence-electron chi connectivity index (χ0n) is 15.7. The second-order valence-electron chi connectivity index (χ2n) is 6.64. The average Bonchev–Trinajstić information content (AvgIpc) is 2.63. The van der Waals surface area contributed by atoms with Crippen LogP contribution in [0.1, 0.15) is 23.6 Å². The molecule has 2 aromatic carbocycles. The van der Waals surface area contributed by atoms with Crippen LogP contribution >= 0.6 is 0 Å². The number of halogens is 1. The third-order valence-corrected chi connectivity index (χ3v) is 4.25. The van der Waals surface area contributed by atoms with E-state index in [-0.39, 0.29) is 18.4 Å². The van der Waals surface area contributed by atoms with Crippen LogP contribution in [0.15, 0.2) is 48.5 Å². The van der Waals surface area contributed by atoms with Gasteiger partial charge >= 0.3 is 5.97 Å². The third-order valence-electron chi connectivity index (χ3n) is 4.25. The minimum absolute atomic E-state index is 0.0883. The number of carboxylic acid groups (broad SMARTS) is 1. The van der Waals surface area contributed by atoms with Crippen molar-refractivity contribution in [2.24, 2.45) is 0 Å². The Morgan fingerprint density at radius 1 is 0.964 bits per heavy atom. The summed E-state index contributed by atoms with van der Waals surface area (Å²) in [6.07, 6.45) is 0.00278. The number of aryl methyl sites for hydroxylation is 1. The summed E-state index contributed by atoms with van der Waals surface area (Å²) in [5.74, 6) is -2.85. The van der Waals surface area contributed by atoms with Crippen LogP contribution < -0.4 is 10.6 Å². The van der Waals surface area contributed by atoms with Crippen molar-refractivity contribution in [2.75, 3.05) is 0 Å². The van der Waals surface area contributed by atoms with Crippen LogP contribution in [0.5, 0.6) is 0 Å². The summed E-state index contributed by atoms with van der Waals surface area (Å²) in [6.45, 7) is 3.16. The second kappa shape index (κ2) is 9.64. The van der Waals surface area contributed by atoms with Crippen LogP contribution in [0, 0.1) is 12.7 Å². The molecule has 0 spiro atoms. The van der Waals surface area contributed by atoms with Crippen molar-refractivity contribution in [1.29, 1.82) is 0 Å². The molecular formula is C21H23FN2O4. The largest absolute Gasteiger partial charge is 0.480 e. The van der Waals surface area contributed by atoms with Crippen molar-refractivity contribution in [3.8, 4) is 0 Å². The number of benzene rings is 2. The van der Waals surface area contributed by atoms with Crippen LogP contribution in [0.2, 0.25) is 0 Å². The van der Waals surface area contributed by atoms with Crippen LogP contribution in [-0.4, -0.2) is 35.0 Å². The molecule has 0 heterocycles. The van der Waals surface area contributed by atoms with Crippen molar-refractivity contribution < 1.29 is 23.9 Å². The fraction of sp³-hybridized carbons (Fsp3) is 0.286. The van der Waals surface area contributed by atoms with Gasteiger partial charge in [-0.1, -0.05) is 48.0 Å². The Hall–Kier alpha value is -3.22. The number of hydrogen-bond donors (Lipinski definition) is 3. The zero-order valence-corrected chi connectivity index (χ0v) is 15.7. The molecule has 7 heteroatoms. The fourth-order valence-corrected chi connectivity index (χ4v) is 2.77. The maximum absolute atomic E-state index is 13.9. The number of aliphatic carboxylic acids is 1. The molecule has 2 amide bonds. The van der Waals surface area contributed by atoms with Gasteiger partial charge in [0, 0.05) is 19.8 Å². The summed E-state index contributed by atoms with van der Waals surface area (Å²) in [5, 5.41) is 14.4. The number of hydrogen-bond acceptors (Lipinski definition) is 3. The Morgan fingerprint density at radius 3 is 2.18 bits per heavy atom. The summed E-state index contributed by atoms with van der Waals surface area (Å²) >= 11 is 0. The first-order chi connectivity index (χ1) is 13.3. The van der Waals surface area contributed by atoms with Gasteiger partial charge in [0.25, 0.3) is 0 Å². The molecule has 0 fully saturated rings. The van der Waals surface area contributed by atoms with Gasteiger partial charge in [0.1, 0.15) is 17.9 Å². The summed E-state index contributed by atoms with van der Waals surface area (Å²) in [4.78, 5) is 35.7. The van der Waals surface area contributed by atoms with Crippen molar-refractivity contribution in [2.45, 2.75) is 38.8 Å². The maximum Gasteiger partial charge on any atom is 0.326 e. The van der Waals surface area contributed by atoms with E-state index in [1.807, 2.05) is 19.1 Å². The molecule has 0 unspecified atom stereocenters. The molecule has 2 atom stereocenters. The number of rotatable bonds is 8. The van der Waals surface area contributed by atoms with E-state index in [0.717, 1.165) is 11.1 Å². The molecule has 0 aliphatic rings. The Balaban J connectivity index is 2.14. The number of carbonyl (C=O) groups excluding carboxylic acids is 2. The molecule has 0 saturated heterocycles. The molecule has 2 aromatic rings. The highest BCUT2D eigenvalue weighted by Crippen LogP contribution is 2.11. The maximum atomic E-state index is 13.9. The minimum Gasteiger partial charge on any atom is -0.480 e. The van der Waals surface area contributed by atoms with Crippen molar-refractivity contribution >= 4 is 17.8 Å². The van der Waals surface area contributed by atoms with E-state index in [2.05, 4.69) is 10.6 Å². The predicted molar refractivity (Wildman–Crippen MR) is 102 cm³/mol. The summed E-state index contributed by atoms with van der Waals surface area (Å²) < 4.78 is 13.9. The van der Waals surface area contributed by atoms with Gasteiger partial charge in [-0.05, 0) is 24.1 Å². The highest BCUT2D eigenvalue weighted by Gasteiger charge is 2.27. The Kier molecular flexibility index (Phi) is 7.26. The molecule has 0 bridgehead atoms. The average molecular weight is 386 g/mol. The summed E-state index contributed by atoms with van der Waals surface area (Å²) in [7, 11) is 0. The molecule has 0 saturated carbocycles. The SMILES string of the molecule is CC(=O)N[C@@H](Cc1ccccc1F)C(=O)N[C@H](Cc1ccc(C)cc1)C(=O)O. The lowest BCUT2D eigenvalue weighted by Crippen LogP contribution is -2.52. The molecule has 148 valence electrons. The first-order valence-electron chi connectivity index (χ1n) is 8.85. The van der Waals surface area contributed by atoms with E-state index in [9.17, 15) is 23.9 Å². The van der Waals surface area contributed by atoms with E-state index in [1.54, 1.807) is 18.2 Å². The highest BCUT2D eigenvalue weighted by atomic mass is 19.1. The first-order valence-corrected chi connectivity index (χ1v) is 8.85. The molecule has 3 N–H and O–H groups in total. The molecule has 0 aliphatic heterocycles. The lowest BCUT2D eigenvalue weighted by Gasteiger charge is -2.21. The molecule has 28 heavy (non-hydrogen) atoms. The minimum atomic E-state index is -1.19. The molecule has 0 radical (unpaired) electrons. The topological polar surface area (TPSA) is 95.5 Å². The quantitative estimate of drug-likeness (QED) is 0.647. The standard InChI is InChI=1S/C21H23FN2O4/c1-13-7-9-15(10-8-13)11-19(21(27)28)24-20(26)18(23-14(2)25)12-16-5-3-4-6-17(16)22/h3-10,18-19H,11-12H2,1-2H3,(H,23,25)(H,24,26)(H,27,28)/t18-,19+/m0/s1. The van der Waals surface area contributed by atoms with Gasteiger partial charge in [0.15, 0.2) is 0 Å². The van der Waals surface area contributed by atoms with E-state index >= 15 is 0 Å². The summed E-state index contributed by atoms with van der Waals surface area (Å²) in [6, 6.07) is 11.0. The van der Waals surface area contributed by atoms with Crippen molar-refractivity contribution in [3.63, 3.8) is 0 Å². The molecular weight excluding hydrogens is 363 g/mol. The van der Waals surface area contributed by atoms with Crippen LogP contribution in [0.4, 0.5) is 4.39 Å². The number of nitrogens with one attached hydrogen (secondary N) is 2. The van der Waals surface area contributed by atoms with Gasteiger partial charge in [-0.3, -0.25) is 9.59 Å². The number of carboxylic acids is 1. The number of carbonyl (C=O) groups is 3. The Labute approximate surface area is 162 Å². The number of amides is 2. The van der Waals surface area contributed by atoms with Gasteiger partial charge in [-0.2, -0.15) is 0 Å². The Morgan fingerprint density at radius 2 is 1.61 bits per heavy atom. The highest BCUT2D eigenvalue weighted by molar-refractivity contribution is 5.90. The van der Waals surface area contributed by atoms with E-state index in [0.29, 0.717) is 0 Å². The second-order valence-corrected chi connectivity index (χ2v) is 6.64. The summed E-state index contributed by atoms with van der Waals surface area (Å²) in [5.41, 5.74) is 2.04. The lowest BCUT2D eigenvalue weighted by atomic mass is 10.0. The van der Waals surface area contributed by atoms with E-state index < -0.39 is 35.7 Å². The smallest absolute Gasteiger partial charge is 0.326 e. The molecule has 0 aliphatic carbocycles. The van der Waals surface area contributed by atoms with Crippen LogP contribution in [-0.2, 0) is 27.2 Å². The van der Waals surface area contributed by atoms with Gasteiger partial charge in [0.05, 0.1) is 0 Å². The van der Waals surface area contributed by atoms with Gasteiger partial charge in [0.2, 0.25) is 11.8 Å². The molecule has 6 nitrogen and oxygen atoms in total. The fourth-order valence-electron chi connectivity index (χ4n) is 2.77. The van der Waals surface area contributed by atoms with E-state index in [4.69, 9.17) is 0 Å². The van der Waals surface area contributed by atoms with Gasteiger partial charge in [-0.15, -0.1) is 0 Å². The van der Waals surface area contributed by atoms with Gasteiger partial charge < -0.3 is 15.7 Å². The lowest BCUT2D eigenvalue weighted by molar-refractivity contribution is -0.142. The Bertz CT molecular complexity index is 852. The van der Waals surface area contributed by atoms with Gasteiger partial charge in [-0.25, -0.2) is 9.18 Å². The third kappa shape index (κ3) is 6.19. The molecule has 0 aromatic heterocycles. The van der Waals surface area contributed by atoms with Crippen LogP contribution in [0.25, 0.3) is 0 Å². The zero-order chi connectivity index (χ0) is 20.7.